The Labute approximate surface area is 147 Å². The maximum atomic E-state index is 13.2. The van der Waals surface area contributed by atoms with Gasteiger partial charge in [-0.1, -0.05) is 0 Å². The number of rotatable bonds is 5. The Morgan fingerprint density at radius 1 is 1.04 bits per heavy atom. The van der Waals surface area contributed by atoms with Crippen LogP contribution in [0, 0.1) is 0 Å². The highest BCUT2D eigenvalue weighted by Crippen LogP contribution is 2.37. The van der Waals surface area contributed by atoms with Crippen LogP contribution in [0.3, 0.4) is 0 Å². The van der Waals surface area contributed by atoms with Crippen LogP contribution in [0.15, 0.2) is 47.6 Å². The van der Waals surface area contributed by atoms with Gasteiger partial charge in [0, 0.05) is 37.5 Å². The summed E-state index contributed by atoms with van der Waals surface area (Å²) in [5.74, 6) is 1.10. The molecule has 0 amide bonds. The van der Waals surface area contributed by atoms with Crippen molar-refractivity contribution in [2.24, 2.45) is 0 Å². The molecule has 0 radical (unpaired) electrons. The third-order valence-electron chi connectivity index (χ3n) is 4.37. The summed E-state index contributed by atoms with van der Waals surface area (Å²) in [6.45, 7) is 1.46. The van der Waals surface area contributed by atoms with E-state index in [1.807, 2.05) is 12.1 Å². The molecule has 1 saturated carbocycles. The lowest BCUT2D eigenvalue weighted by molar-refractivity contribution is 0.296. The molecule has 6 nitrogen and oxygen atoms in total. The van der Waals surface area contributed by atoms with Gasteiger partial charge in [-0.2, -0.15) is 4.31 Å². The number of fused-ring (bicyclic) bond motifs is 1. The van der Waals surface area contributed by atoms with Crippen LogP contribution in [0.25, 0.3) is 0 Å². The van der Waals surface area contributed by atoms with Crippen molar-refractivity contribution < 1.29 is 17.9 Å². The smallest absolute Gasteiger partial charge is 0.243 e. The Morgan fingerprint density at radius 2 is 1.76 bits per heavy atom. The molecule has 7 heteroatoms. The molecule has 0 bridgehead atoms. The number of nitrogens with zero attached hydrogens (tertiary/aromatic N) is 2. The first-order valence-corrected chi connectivity index (χ1v) is 9.89. The summed E-state index contributed by atoms with van der Waals surface area (Å²) in [5.41, 5.74) is 0.930. The SMILES string of the molecule is O=S(=O)(c1ccc2c(c1)OCCCO2)N(Cc1ccncc1)C1CC1. The lowest BCUT2D eigenvalue weighted by Crippen LogP contribution is -2.32. The Balaban J connectivity index is 1.66. The molecule has 4 rings (SSSR count). The lowest BCUT2D eigenvalue weighted by atomic mass is 10.3. The average molecular weight is 360 g/mol. The fraction of sp³-hybridized carbons (Fsp3) is 0.389. The lowest BCUT2D eigenvalue weighted by Gasteiger charge is -2.22. The summed E-state index contributed by atoms with van der Waals surface area (Å²) < 4.78 is 39.2. The van der Waals surface area contributed by atoms with Gasteiger partial charge in [-0.05, 0) is 42.7 Å². The molecule has 0 spiro atoms. The Hall–Kier alpha value is -2.12. The van der Waals surface area contributed by atoms with Crippen molar-refractivity contribution in [2.45, 2.75) is 36.7 Å². The maximum Gasteiger partial charge on any atom is 0.243 e. The predicted octanol–water partition coefficient (Wildman–Crippen LogP) is 2.60. The number of ether oxygens (including phenoxy) is 2. The van der Waals surface area contributed by atoms with Gasteiger partial charge in [0.2, 0.25) is 10.0 Å². The molecule has 0 saturated heterocycles. The van der Waals surface area contributed by atoms with Gasteiger partial charge in [0.05, 0.1) is 18.1 Å². The van der Waals surface area contributed by atoms with Crippen LogP contribution in [0.4, 0.5) is 0 Å². The van der Waals surface area contributed by atoms with E-state index in [0.717, 1.165) is 24.8 Å². The van der Waals surface area contributed by atoms with Crippen molar-refractivity contribution in [1.29, 1.82) is 0 Å². The quantitative estimate of drug-likeness (QED) is 0.820. The van der Waals surface area contributed by atoms with Crippen LogP contribution in [-0.4, -0.2) is 37.0 Å². The zero-order chi connectivity index (χ0) is 17.3. The van der Waals surface area contributed by atoms with Gasteiger partial charge in [0.1, 0.15) is 0 Å². The van der Waals surface area contributed by atoms with Crippen LogP contribution in [0.5, 0.6) is 11.5 Å². The van der Waals surface area contributed by atoms with Crippen molar-refractivity contribution in [2.75, 3.05) is 13.2 Å². The minimum Gasteiger partial charge on any atom is -0.490 e. The van der Waals surface area contributed by atoms with E-state index < -0.39 is 10.0 Å². The second kappa shape index (κ2) is 6.65. The highest BCUT2D eigenvalue weighted by molar-refractivity contribution is 7.89. The highest BCUT2D eigenvalue weighted by Gasteiger charge is 2.38. The Bertz CT molecular complexity index is 851. The van der Waals surface area contributed by atoms with Gasteiger partial charge in [-0.25, -0.2) is 8.42 Å². The predicted molar refractivity (Wildman–Crippen MR) is 92.0 cm³/mol. The monoisotopic (exact) mass is 360 g/mol. The zero-order valence-electron chi connectivity index (χ0n) is 13.8. The van der Waals surface area contributed by atoms with E-state index in [4.69, 9.17) is 9.47 Å². The molecular weight excluding hydrogens is 340 g/mol. The number of aromatic nitrogens is 1. The molecule has 1 aromatic carbocycles. The largest absolute Gasteiger partial charge is 0.490 e. The molecule has 1 aliphatic carbocycles. The van der Waals surface area contributed by atoms with Crippen LogP contribution < -0.4 is 9.47 Å². The summed E-state index contributed by atoms with van der Waals surface area (Å²) in [4.78, 5) is 4.24. The molecule has 0 unspecified atom stereocenters. The Morgan fingerprint density at radius 3 is 2.48 bits per heavy atom. The van der Waals surface area contributed by atoms with Crippen LogP contribution in [-0.2, 0) is 16.6 Å². The topological polar surface area (TPSA) is 68.7 Å². The van der Waals surface area contributed by atoms with Gasteiger partial charge < -0.3 is 9.47 Å². The van der Waals surface area contributed by atoms with Gasteiger partial charge in [0.15, 0.2) is 11.5 Å². The summed E-state index contributed by atoms with van der Waals surface area (Å²) in [6.07, 6.45) is 5.94. The van der Waals surface area contributed by atoms with Gasteiger partial charge in [0.25, 0.3) is 0 Å². The average Bonchev–Trinajstić information content (AvgIpc) is 3.46. The molecule has 1 aliphatic heterocycles. The molecule has 0 N–H and O–H groups in total. The van der Waals surface area contributed by atoms with Gasteiger partial charge >= 0.3 is 0 Å². The molecule has 1 fully saturated rings. The van der Waals surface area contributed by atoms with Crippen molar-refractivity contribution in [1.82, 2.24) is 9.29 Å². The molecule has 0 atom stereocenters. The van der Waals surface area contributed by atoms with E-state index in [2.05, 4.69) is 4.98 Å². The summed E-state index contributed by atoms with van der Waals surface area (Å²) in [6, 6.07) is 8.63. The first kappa shape index (κ1) is 16.4. The van der Waals surface area contributed by atoms with Gasteiger partial charge in [-0.3, -0.25) is 4.98 Å². The molecule has 2 aliphatic rings. The second-order valence-corrected chi connectivity index (χ2v) is 8.19. The third-order valence-corrected chi connectivity index (χ3v) is 6.26. The van der Waals surface area contributed by atoms with Crippen molar-refractivity contribution in [3.63, 3.8) is 0 Å². The van der Waals surface area contributed by atoms with Crippen LogP contribution in [0.1, 0.15) is 24.8 Å². The normalized spacial score (nSPS) is 17.3. The number of pyridine rings is 1. The van der Waals surface area contributed by atoms with E-state index in [9.17, 15) is 8.42 Å². The zero-order valence-corrected chi connectivity index (χ0v) is 14.6. The van der Waals surface area contributed by atoms with Crippen LogP contribution >= 0.6 is 0 Å². The summed E-state index contributed by atoms with van der Waals surface area (Å²) in [7, 11) is -3.60. The Kier molecular flexibility index (Phi) is 4.35. The fourth-order valence-corrected chi connectivity index (χ4v) is 4.57. The fourth-order valence-electron chi connectivity index (χ4n) is 2.88. The van der Waals surface area contributed by atoms with Crippen LogP contribution in [0.2, 0.25) is 0 Å². The van der Waals surface area contributed by atoms with E-state index >= 15 is 0 Å². The van der Waals surface area contributed by atoms with Crippen molar-refractivity contribution in [3.8, 4) is 11.5 Å². The van der Waals surface area contributed by atoms with E-state index in [1.165, 1.54) is 0 Å². The molecule has 132 valence electrons. The number of sulfonamides is 1. The minimum absolute atomic E-state index is 0.0640. The molecule has 1 aromatic heterocycles. The maximum absolute atomic E-state index is 13.2. The number of benzene rings is 1. The second-order valence-electron chi connectivity index (χ2n) is 6.30. The third kappa shape index (κ3) is 3.48. The van der Waals surface area contributed by atoms with Crippen molar-refractivity contribution >= 4 is 10.0 Å². The first-order valence-electron chi connectivity index (χ1n) is 8.45. The van der Waals surface area contributed by atoms with E-state index in [1.54, 1.807) is 34.9 Å². The van der Waals surface area contributed by atoms with E-state index in [-0.39, 0.29) is 10.9 Å². The number of hydrogen-bond donors (Lipinski definition) is 0. The standard InChI is InChI=1S/C18H20N2O4S/c21-25(22,16-4-5-17-18(12-16)24-11-1-10-23-17)20(15-2-3-15)13-14-6-8-19-9-7-14/h4-9,12,15H,1-3,10-11,13H2. The number of hydrogen-bond acceptors (Lipinski definition) is 5. The van der Waals surface area contributed by atoms with E-state index in [0.29, 0.717) is 31.3 Å². The molecular formula is C18H20N2O4S. The van der Waals surface area contributed by atoms with Crippen molar-refractivity contribution in [3.05, 3.63) is 48.3 Å². The first-order chi connectivity index (χ1) is 12.1. The van der Waals surface area contributed by atoms with Gasteiger partial charge in [-0.15, -0.1) is 0 Å². The summed E-state index contributed by atoms with van der Waals surface area (Å²) in [5, 5.41) is 0. The minimum atomic E-state index is -3.60. The summed E-state index contributed by atoms with van der Waals surface area (Å²) >= 11 is 0. The molecule has 2 aromatic rings. The molecule has 2 heterocycles. The highest BCUT2D eigenvalue weighted by atomic mass is 32.2. The molecule has 25 heavy (non-hydrogen) atoms.